The van der Waals surface area contributed by atoms with E-state index in [0.717, 1.165) is 43.7 Å². The minimum absolute atomic E-state index is 0.101. The highest BCUT2D eigenvalue weighted by Crippen LogP contribution is 2.35. The second-order valence-electron chi connectivity index (χ2n) is 6.69. The SMILES string of the molecule is C[C@@H]1CN(C)c2ccccc2N(C(=O)[C@@H]2CC[C@@H](N)C2)C1. The highest BCUT2D eigenvalue weighted by atomic mass is 16.2. The molecule has 3 rings (SSSR count). The monoisotopic (exact) mass is 287 g/mol. The molecule has 0 spiro atoms. The van der Waals surface area contributed by atoms with Crippen molar-refractivity contribution >= 4 is 17.3 Å². The van der Waals surface area contributed by atoms with Crippen molar-refractivity contribution in [1.29, 1.82) is 0 Å². The first-order valence-electron chi connectivity index (χ1n) is 7.93. The van der Waals surface area contributed by atoms with Crippen molar-refractivity contribution in [2.75, 3.05) is 29.9 Å². The largest absolute Gasteiger partial charge is 0.373 e. The number of anilines is 2. The van der Waals surface area contributed by atoms with Crippen LogP contribution in [0.5, 0.6) is 0 Å². The summed E-state index contributed by atoms with van der Waals surface area (Å²) in [5, 5.41) is 0. The molecule has 21 heavy (non-hydrogen) atoms. The fraction of sp³-hybridized carbons (Fsp3) is 0.588. The van der Waals surface area contributed by atoms with Crippen molar-refractivity contribution in [3.63, 3.8) is 0 Å². The Labute approximate surface area is 126 Å². The molecular formula is C17H25N3O. The second kappa shape index (κ2) is 5.68. The molecular weight excluding hydrogens is 262 g/mol. The van der Waals surface area contributed by atoms with Gasteiger partial charge in [-0.15, -0.1) is 0 Å². The summed E-state index contributed by atoms with van der Waals surface area (Å²) in [6.07, 6.45) is 2.74. The first kappa shape index (κ1) is 14.4. The van der Waals surface area contributed by atoms with Crippen molar-refractivity contribution < 1.29 is 4.79 Å². The summed E-state index contributed by atoms with van der Waals surface area (Å²) in [5.74, 6) is 0.822. The molecule has 3 atom stereocenters. The fourth-order valence-corrected chi connectivity index (χ4v) is 3.72. The van der Waals surface area contributed by atoms with E-state index in [2.05, 4.69) is 31.0 Å². The number of hydrogen-bond donors (Lipinski definition) is 1. The van der Waals surface area contributed by atoms with Crippen molar-refractivity contribution in [2.24, 2.45) is 17.6 Å². The third kappa shape index (κ3) is 2.77. The zero-order chi connectivity index (χ0) is 15.0. The standard InChI is InChI=1S/C17H25N3O/c1-12-10-19(2)15-5-3-4-6-16(15)20(11-12)17(21)13-7-8-14(18)9-13/h3-6,12-14H,7-11,18H2,1-2H3/t12-,13-,14-/m1/s1. The predicted molar refractivity (Wildman–Crippen MR) is 86.5 cm³/mol. The van der Waals surface area contributed by atoms with Gasteiger partial charge in [0, 0.05) is 32.1 Å². The van der Waals surface area contributed by atoms with Crippen molar-refractivity contribution in [2.45, 2.75) is 32.2 Å². The van der Waals surface area contributed by atoms with Crippen LogP contribution in [-0.4, -0.2) is 32.1 Å². The Morgan fingerprint density at radius 1 is 1.19 bits per heavy atom. The molecule has 114 valence electrons. The number of fused-ring (bicyclic) bond motifs is 1. The summed E-state index contributed by atoms with van der Waals surface area (Å²) < 4.78 is 0. The minimum atomic E-state index is 0.101. The number of carbonyl (C=O) groups excluding carboxylic acids is 1. The van der Waals surface area contributed by atoms with E-state index in [-0.39, 0.29) is 17.9 Å². The van der Waals surface area contributed by atoms with Crippen LogP contribution in [0.4, 0.5) is 11.4 Å². The van der Waals surface area contributed by atoms with Gasteiger partial charge in [0.1, 0.15) is 0 Å². The molecule has 4 heteroatoms. The quantitative estimate of drug-likeness (QED) is 0.861. The van der Waals surface area contributed by atoms with Gasteiger partial charge in [-0.05, 0) is 37.3 Å². The summed E-state index contributed by atoms with van der Waals surface area (Å²) >= 11 is 0. The lowest BCUT2D eigenvalue weighted by molar-refractivity contribution is -0.122. The van der Waals surface area contributed by atoms with Crippen LogP contribution in [0, 0.1) is 11.8 Å². The predicted octanol–water partition coefficient (Wildman–Crippen LogP) is 2.23. The number of nitrogens with two attached hydrogens (primary N) is 1. The van der Waals surface area contributed by atoms with Gasteiger partial charge < -0.3 is 15.5 Å². The highest BCUT2D eigenvalue weighted by molar-refractivity contribution is 5.98. The van der Waals surface area contributed by atoms with Crippen LogP contribution >= 0.6 is 0 Å². The van der Waals surface area contributed by atoms with Crippen LogP contribution in [0.2, 0.25) is 0 Å². The van der Waals surface area contributed by atoms with E-state index < -0.39 is 0 Å². The highest BCUT2D eigenvalue weighted by Gasteiger charge is 2.34. The molecule has 1 fully saturated rings. The van der Waals surface area contributed by atoms with Gasteiger partial charge in [-0.1, -0.05) is 19.1 Å². The number of carbonyl (C=O) groups is 1. The maximum Gasteiger partial charge on any atom is 0.230 e. The van der Waals surface area contributed by atoms with E-state index in [0.29, 0.717) is 5.92 Å². The molecule has 1 aromatic rings. The lowest BCUT2D eigenvalue weighted by atomic mass is 10.0. The number of amides is 1. The maximum atomic E-state index is 13.0. The Kier molecular flexibility index (Phi) is 3.89. The third-order valence-electron chi connectivity index (χ3n) is 4.75. The summed E-state index contributed by atoms with van der Waals surface area (Å²) in [4.78, 5) is 17.2. The molecule has 1 aliphatic heterocycles. The van der Waals surface area contributed by atoms with Gasteiger partial charge in [0.2, 0.25) is 5.91 Å². The zero-order valence-corrected chi connectivity index (χ0v) is 13.0. The number of hydrogen-bond acceptors (Lipinski definition) is 3. The average Bonchev–Trinajstić information content (AvgIpc) is 2.85. The van der Waals surface area contributed by atoms with Crippen LogP contribution in [0.3, 0.4) is 0 Å². The lowest BCUT2D eigenvalue weighted by Gasteiger charge is -2.27. The molecule has 2 aliphatic rings. The van der Waals surface area contributed by atoms with Gasteiger partial charge in [-0.3, -0.25) is 4.79 Å². The number of para-hydroxylation sites is 2. The lowest BCUT2D eigenvalue weighted by Crippen LogP contribution is -2.38. The van der Waals surface area contributed by atoms with Gasteiger partial charge in [0.25, 0.3) is 0 Å². The summed E-state index contributed by atoms with van der Waals surface area (Å²) in [6.45, 7) is 3.99. The number of benzene rings is 1. The van der Waals surface area contributed by atoms with E-state index >= 15 is 0 Å². The normalized spacial score (nSPS) is 29.2. The first-order valence-corrected chi connectivity index (χ1v) is 7.93. The Balaban J connectivity index is 1.92. The van der Waals surface area contributed by atoms with Crippen molar-refractivity contribution in [3.8, 4) is 0 Å². The first-order chi connectivity index (χ1) is 10.1. The maximum absolute atomic E-state index is 13.0. The van der Waals surface area contributed by atoms with Gasteiger partial charge >= 0.3 is 0 Å². The zero-order valence-electron chi connectivity index (χ0n) is 13.0. The van der Waals surface area contributed by atoms with E-state index in [1.807, 2.05) is 17.0 Å². The Hall–Kier alpha value is -1.55. The molecule has 1 aromatic carbocycles. The van der Waals surface area contributed by atoms with Crippen LogP contribution in [0.15, 0.2) is 24.3 Å². The molecule has 0 bridgehead atoms. The Morgan fingerprint density at radius 3 is 2.57 bits per heavy atom. The molecule has 0 radical (unpaired) electrons. The number of rotatable bonds is 1. The molecule has 1 aliphatic carbocycles. The topological polar surface area (TPSA) is 49.6 Å². The average molecular weight is 287 g/mol. The van der Waals surface area contributed by atoms with Crippen LogP contribution in [0.25, 0.3) is 0 Å². The van der Waals surface area contributed by atoms with E-state index in [1.165, 1.54) is 0 Å². The molecule has 0 aromatic heterocycles. The molecule has 0 unspecified atom stereocenters. The smallest absolute Gasteiger partial charge is 0.230 e. The molecule has 4 nitrogen and oxygen atoms in total. The van der Waals surface area contributed by atoms with Gasteiger partial charge in [0.15, 0.2) is 0 Å². The van der Waals surface area contributed by atoms with Gasteiger partial charge in [-0.2, -0.15) is 0 Å². The second-order valence-corrected chi connectivity index (χ2v) is 6.69. The molecule has 2 N–H and O–H groups in total. The van der Waals surface area contributed by atoms with E-state index in [9.17, 15) is 4.79 Å². The molecule has 0 saturated heterocycles. The molecule has 1 saturated carbocycles. The van der Waals surface area contributed by atoms with E-state index in [4.69, 9.17) is 5.73 Å². The van der Waals surface area contributed by atoms with Crippen LogP contribution < -0.4 is 15.5 Å². The van der Waals surface area contributed by atoms with Crippen molar-refractivity contribution in [1.82, 2.24) is 0 Å². The van der Waals surface area contributed by atoms with Gasteiger partial charge in [0.05, 0.1) is 11.4 Å². The Bertz CT molecular complexity index is 531. The summed E-state index contributed by atoms with van der Waals surface area (Å²) in [7, 11) is 2.11. The summed E-state index contributed by atoms with van der Waals surface area (Å²) in [5.41, 5.74) is 8.19. The van der Waals surface area contributed by atoms with Crippen LogP contribution in [0.1, 0.15) is 26.2 Å². The minimum Gasteiger partial charge on any atom is -0.373 e. The molecule has 1 amide bonds. The van der Waals surface area contributed by atoms with Crippen molar-refractivity contribution in [3.05, 3.63) is 24.3 Å². The van der Waals surface area contributed by atoms with Gasteiger partial charge in [-0.25, -0.2) is 0 Å². The molecule has 1 heterocycles. The third-order valence-corrected chi connectivity index (χ3v) is 4.75. The fourth-order valence-electron chi connectivity index (χ4n) is 3.72. The Morgan fingerprint density at radius 2 is 1.90 bits per heavy atom. The number of nitrogens with zero attached hydrogens (tertiary/aromatic N) is 2. The van der Waals surface area contributed by atoms with Crippen LogP contribution in [-0.2, 0) is 4.79 Å². The van der Waals surface area contributed by atoms with E-state index in [1.54, 1.807) is 0 Å². The summed E-state index contributed by atoms with van der Waals surface area (Å²) in [6, 6.07) is 8.43.